The molecule has 1 aromatic heterocycles. The molecule has 0 aliphatic carbocycles. The predicted molar refractivity (Wildman–Crippen MR) is 88.6 cm³/mol. The fourth-order valence-corrected chi connectivity index (χ4v) is 3.63. The van der Waals surface area contributed by atoms with Crippen molar-refractivity contribution in [3.8, 4) is 5.69 Å². The van der Waals surface area contributed by atoms with Crippen LogP contribution in [-0.4, -0.2) is 16.4 Å². The van der Waals surface area contributed by atoms with Crippen molar-refractivity contribution in [1.82, 2.24) is 9.88 Å². The second-order valence-electron chi connectivity index (χ2n) is 4.49. The SMILES string of the molecule is Nc1c2c(cc(=O)n1-c1cc(F)c(I)cc1Br)C(=O)NC2=O. The van der Waals surface area contributed by atoms with Crippen LogP contribution in [0.2, 0.25) is 0 Å². The number of fused-ring (bicyclic) bond motifs is 1. The maximum Gasteiger partial charge on any atom is 0.262 e. The van der Waals surface area contributed by atoms with Gasteiger partial charge in [-0.1, -0.05) is 0 Å². The molecule has 2 amide bonds. The summed E-state index contributed by atoms with van der Waals surface area (Å²) in [5.41, 5.74) is 5.23. The molecule has 2 heterocycles. The number of halogens is 3. The van der Waals surface area contributed by atoms with Gasteiger partial charge in [0.1, 0.15) is 11.6 Å². The van der Waals surface area contributed by atoms with Gasteiger partial charge in [0.05, 0.1) is 20.4 Å². The third-order valence-electron chi connectivity index (χ3n) is 3.18. The summed E-state index contributed by atoms with van der Waals surface area (Å²) in [6.07, 6.45) is 0. The summed E-state index contributed by atoms with van der Waals surface area (Å²) in [7, 11) is 0. The highest BCUT2D eigenvalue weighted by molar-refractivity contribution is 14.1. The number of pyridine rings is 1. The van der Waals surface area contributed by atoms with E-state index in [1.54, 1.807) is 22.6 Å². The van der Waals surface area contributed by atoms with Crippen molar-refractivity contribution < 1.29 is 14.0 Å². The van der Waals surface area contributed by atoms with Crippen molar-refractivity contribution in [3.05, 3.63) is 53.5 Å². The molecule has 0 fully saturated rings. The summed E-state index contributed by atoms with van der Waals surface area (Å²) in [4.78, 5) is 35.6. The zero-order valence-corrected chi connectivity index (χ0v) is 14.4. The number of rotatable bonds is 1. The number of anilines is 1. The molecule has 0 saturated heterocycles. The van der Waals surface area contributed by atoms with Gasteiger partial charge in [-0.25, -0.2) is 4.39 Å². The van der Waals surface area contributed by atoms with Gasteiger partial charge >= 0.3 is 0 Å². The lowest BCUT2D eigenvalue weighted by Gasteiger charge is -2.14. The van der Waals surface area contributed by atoms with Crippen LogP contribution in [0.4, 0.5) is 10.2 Å². The number of imide groups is 1. The second kappa shape index (κ2) is 5.16. The van der Waals surface area contributed by atoms with Gasteiger partial charge in [-0.15, -0.1) is 0 Å². The Balaban J connectivity index is 2.37. The van der Waals surface area contributed by atoms with Gasteiger partial charge in [-0.2, -0.15) is 0 Å². The molecule has 0 atom stereocenters. The van der Waals surface area contributed by atoms with Crippen molar-refractivity contribution in [3.63, 3.8) is 0 Å². The first-order chi connectivity index (χ1) is 10.3. The molecule has 22 heavy (non-hydrogen) atoms. The number of amides is 2. The molecule has 0 bridgehead atoms. The Labute approximate surface area is 144 Å². The van der Waals surface area contributed by atoms with E-state index in [4.69, 9.17) is 5.73 Å². The Kier molecular flexibility index (Phi) is 3.56. The molecule has 2 aromatic rings. The van der Waals surface area contributed by atoms with Crippen molar-refractivity contribution in [2.45, 2.75) is 0 Å². The number of benzene rings is 1. The topological polar surface area (TPSA) is 94.2 Å². The maximum absolute atomic E-state index is 13.8. The third-order valence-corrected chi connectivity index (χ3v) is 4.65. The van der Waals surface area contributed by atoms with E-state index in [-0.39, 0.29) is 22.6 Å². The van der Waals surface area contributed by atoms with E-state index in [1.165, 1.54) is 6.07 Å². The lowest BCUT2D eigenvalue weighted by atomic mass is 10.1. The summed E-state index contributed by atoms with van der Waals surface area (Å²) < 4.78 is 15.6. The van der Waals surface area contributed by atoms with Gasteiger partial charge in [-0.3, -0.25) is 24.3 Å². The zero-order valence-electron chi connectivity index (χ0n) is 10.6. The van der Waals surface area contributed by atoms with Crippen LogP contribution in [0.3, 0.4) is 0 Å². The summed E-state index contributed by atoms with van der Waals surface area (Å²) in [5, 5.41) is 2.07. The summed E-state index contributed by atoms with van der Waals surface area (Å²) >= 11 is 5.05. The van der Waals surface area contributed by atoms with Gasteiger partial charge in [0.15, 0.2) is 0 Å². The quantitative estimate of drug-likeness (QED) is 0.372. The normalized spacial score (nSPS) is 13.2. The van der Waals surface area contributed by atoms with Crippen LogP contribution in [0.5, 0.6) is 0 Å². The molecule has 0 radical (unpaired) electrons. The Hall–Kier alpha value is -1.75. The average molecular weight is 478 g/mol. The molecule has 1 aromatic carbocycles. The van der Waals surface area contributed by atoms with Crippen molar-refractivity contribution >= 4 is 56.2 Å². The summed E-state index contributed by atoms with van der Waals surface area (Å²) in [5.74, 6) is -2.12. The Morgan fingerprint density at radius 1 is 1.18 bits per heavy atom. The molecule has 0 unspecified atom stereocenters. The highest BCUT2D eigenvalue weighted by Crippen LogP contribution is 2.29. The molecular weight excluding hydrogens is 472 g/mol. The van der Waals surface area contributed by atoms with E-state index >= 15 is 0 Å². The smallest absolute Gasteiger partial charge is 0.262 e. The minimum atomic E-state index is -0.687. The van der Waals surface area contributed by atoms with Gasteiger partial charge < -0.3 is 5.73 Å². The van der Waals surface area contributed by atoms with Crippen LogP contribution in [0.15, 0.2) is 27.5 Å². The standard InChI is InChI=1S/C13H6BrFIN3O3/c14-5-2-7(16)6(15)3-8(5)19-9(20)1-4-10(11(19)17)13(22)18-12(4)21/h1-3H,17H2,(H,18,21,22). The molecule has 1 aliphatic heterocycles. The summed E-state index contributed by atoms with van der Waals surface area (Å²) in [6.45, 7) is 0. The first-order valence-corrected chi connectivity index (χ1v) is 7.74. The molecule has 3 rings (SSSR count). The van der Waals surface area contributed by atoms with Gasteiger partial charge in [-0.05, 0) is 44.6 Å². The fourth-order valence-electron chi connectivity index (χ4n) is 2.21. The Morgan fingerprint density at radius 2 is 1.86 bits per heavy atom. The highest BCUT2D eigenvalue weighted by Gasteiger charge is 2.32. The van der Waals surface area contributed by atoms with Crippen LogP contribution >= 0.6 is 38.5 Å². The van der Waals surface area contributed by atoms with Crippen LogP contribution in [0.1, 0.15) is 20.7 Å². The van der Waals surface area contributed by atoms with E-state index in [0.29, 0.717) is 8.04 Å². The first kappa shape index (κ1) is 15.2. The number of nitrogens with one attached hydrogen (secondary N) is 1. The molecule has 112 valence electrons. The van der Waals surface area contributed by atoms with E-state index in [9.17, 15) is 18.8 Å². The number of nitrogens with zero attached hydrogens (tertiary/aromatic N) is 1. The van der Waals surface area contributed by atoms with Crippen molar-refractivity contribution in [2.75, 3.05) is 5.73 Å². The Bertz CT molecular complexity index is 926. The number of nitrogen functional groups attached to an aromatic ring is 1. The lowest BCUT2D eigenvalue weighted by molar-refractivity contribution is 0.0880. The summed E-state index contributed by atoms with van der Waals surface area (Å²) in [6, 6.07) is 3.62. The Morgan fingerprint density at radius 3 is 2.55 bits per heavy atom. The van der Waals surface area contributed by atoms with Crippen molar-refractivity contribution in [2.24, 2.45) is 0 Å². The maximum atomic E-state index is 13.8. The van der Waals surface area contributed by atoms with Crippen LogP contribution in [-0.2, 0) is 0 Å². The first-order valence-electron chi connectivity index (χ1n) is 5.87. The minimum absolute atomic E-state index is 0.0779. The highest BCUT2D eigenvalue weighted by atomic mass is 127. The largest absolute Gasteiger partial charge is 0.384 e. The molecule has 0 saturated carbocycles. The van der Waals surface area contributed by atoms with Gasteiger partial charge in [0.25, 0.3) is 17.4 Å². The van der Waals surface area contributed by atoms with Gasteiger partial charge in [0.2, 0.25) is 0 Å². The van der Waals surface area contributed by atoms with Crippen LogP contribution < -0.4 is 16.6 Å². The molecule has 6 nitrogen and oxygen atoms in total. The number of hydrogen-bond donors (Lipinski definition) is 2. The predicted octanol–water partition coefficient (Wildman–Crippen LogP) is 1.81. The number of carbonyl (C=O) groups is 2. The second-order valence-corrected chi connectivity index (χ2v) is 6.51. The monoisotopic (exact) mass is 477 g/mol. The van der Waals surface area contributed by atoms with Crippen LogP contribution in [0, 0.1) is 9.39 Å². The third kappa shape index (κ3) is 2.15. The van der Waals surface area contributed by atoms with Gasteiger partial charge in [0, 0.05) is 16.6 Å². The fraction of sp³-hybridized carbons (Fsp3) is 0. The minimum Gasteiger partial charge on any atom is -0.384 e. The lowest BCUT2D eigenvalue weighted by Crippen LogP contribution is -2.24. The number of carbonyl (C=O) groups excluding carboxylic acids is 2. The number of aromatic nitrogens is 1. The molecule has 0 spiro atoms. The molecular formula is C13H6BrFIN3O3. The molecule has 1 aliphatic rings. The van der Waals surface area contributed by atoms with Crippen molar-refractivity contribution in [1.29, 1.82) is 0 Å². The van der Waals surface area contributed by atoms with E-state index in [2.05, 4.69) is 21.2 Å². The van der Waals surface area contributed by atoms with E-state index < -0.39 is 23.2 Å². The molecule has 9 heteroatoms. The number of nitrogens with two attached hydrogens (primary N) is 1. The molecule has 3 N–H and O–H groups in total. The van der Waals surface area contributed by atoms with E-state index in [1.807, 2.05) is 0 Å². The van der Waals surface area contributed by atoms with E-state index in [0.717, 1.165) is 16.7 Å². The number of hydrogen-bond acceptors (Lipinski definition) is 4. The average Bonchev–Trinajstić information content (AvgIpc) is 2.70. The van der Waals surface area contributed by atoms with Crippen LogP contribution in [0.25, 0.3) is 5.69 Å². The zero-order chi connectivity index (χ0) is 16.2.